The van der Waals surface area contributed by atoms with Gasteiger partial charge in [0.15, 0.2) is 0 Å². The molecule has 24 heavy (non-hydrogen) atoms. The topological polar surface area (TPSA) is 37.0 Å². The van der Waals surface area contributed by atoms with Gasteiger partial charge >= 0.3 is 0 Å². The van der Waals surface area contributed by atoms with Crippen LogP contribution in [0.4, 0.5) is 4.39 Å². The molecule has 2 unspecified atom stereocenters. The zero-order valence-electron chi connectivity index (χ0n) is 13.7. The number of nitrogens with one attached hydrogen (secondary N) is 2. The van der Waals surface area contributed by atoms with Crippen LogP contribution in [-0.2, 0) is 6.42 Å². The molecule has 2 aromatic carbocycles. The Morgan fingerprint density at radius 2 is 2.12 bits per heavy atom. The van der Waals surface area contributed by atoms with E-state index in [0.717, 1.165) is 36.0 Å². The fraction of sp³-hybridized carbons (Fsp3) is 0.300. The third-order valence-corrected chi connectivity index (χ3v) is 4.86. The normalized spacial score (nSPS) is 19.6. The summed E-state index contributed by atoms with van der Waals surface area (Å²) in [7, 11) is 1.71. The van der Waals surface area contributed by atoms with E-state index >= 15 is 0 Å². The van der Waals surface area contributed by atoms with Crippen molar-refractivity contribution in [1.82, 2.24) is 10.3 Å². The highest BCUT2D eigenvalue weighted by Gasteiger charge is 2.39. The van der Waals surface area contributed by atoms with Gasteiger partial charge in [0.25, 0.3) is 0 Å². The van der Waals surface area contributed by atoms with E-state index < -0.39 is 0 Å². The van der Waals surface area contributed by atoms with Gasteiger partial charge < -0.3 is 15.0 Å². The Labute approximate surface area is 140 Å². The lowest BCUT2D eigenvalue weighted by Crippen LogP contribution is -2.21. The van der Waals surface area contributed by atoms with E-state index in [4.69, 9.17) is 4.74 Å². The lowest BCUT2D eigenvalue weighted by atomic mass is 10.1. The van der Waals surface area contributed by atoms with Gasteiger partial charge in [-0.05, 0) is 54.8 Å². The second kappa shape index (κ2) is 6.29. The number of benzene rings is 2. The second-order valence-electron chi connectivity index (χ2n) is 6.40. The van der Waals surface area contributed by atoms with E-state index in [9.17, 15) is 4.39 Å². The number of H-pyrrole nitrogens is 1. The molecule has 1 heterocycles. The molecular formula is C20H21FN2O. The van der Waals surface area contributed by atoms with E-state index in [1.165, 1.54) is 17.2 Å². The average molecular weight is 324 g/mol. The Morgan fingerprint density at radius 1 is 1.25 bits per heavy atom. The summed E-state index contributed by atoms with van der Waals surface area (Å²) in [6, 6.07) is 13.5. The molecule has 1 saturated carbocycles. The van der Waals surface area contributed by atoms with E-state index in [0.29, 0.717) is 12.0 Å². The molecule has 0 saturated heterocycles. The zero-order chi connectivity index (χ0) is 16.5. The number of aromatic nitrogens is 1. The first-order valence-corrected chi connectivity index (χ1v) is 8.38. The summed E-state index contributed by atoms with van der Waals surface area (Å²) in [5.41, 5.74) is 3.45. The molecular weight excluding hydrogens is 303 g/mol. The Hall–Kier alpha value is -2.33. The molecule has 3 nitrogen and oxygen atoms in total. The lowest BCUT2D eigenvalue weighted by Gasteiger charge is -2.09. The summed E-state index contributed by atoms with van der Waals surface area (Å²) in [5.74, 6) is 1.24. The Morgan fingerprint density at radius 3 is 3.00 bits per heavy atom. The molecule has 0 radical (unpaired) electrons. The maximum Gasteiger partial charge on any atom is 0.123 e. The summed E-state index contributed by atoms with van der Waals surface area (Å²) in [6.45, 7) is 0.915. The highest BCUT2D eigenvalue weighted by atomic mass is 19.1. The number of para-hydroxylation sites is 1. The zero-order valence-corrected chi connectivity index (χ0v) is 13.7. The van der Waals surface area contributed by atoms with Gasteiger partial charge in [0.1, 0.15) is 11.6 Å². The third-order valence-electron chi connectivity index (χ3n) is 4.86. The first-order valence-electron chi connectivity index (χ1n) is 8.38. The van der Waals surface area contributed by atoms with E-state index in [1.807, 2.05) is 24.4 Å². The first kappa shape index (κ1) is 15.2. The highest BCUT2D eigenvalue weighted by Crippen LogP contribution is 2.43. The first-order chi connectivity index (χ1) is 11.8. The standard InChI is InChI=1S/C20H21FN2O/c1-24-20-5-3-2-4-13(20)8-9-22-19-11-16(19)17-12-23-18-7-6-14(21)10-15(17)18/h2-7,10,12,16,19,22-23H,8-9,11H2,1H3. The molecule has 1 fully saturated rings. The highest BCUT2D eigenvalue weighted by molar-refractivity contribution is 5.84. The smallest absolute Gasteiger partial charge is 0.123 e. The largest absolute Gasteiger partial charge is 0.496 e. The van der Waals surface area contributed by atoms with Gasteiger partial charge in [0.2, 0.25) is 0 Å². The molecule has 1 aromatic heterocycles. The molecule has 2 atom stereocenters. The van der Waals surface area contributed by atoms with Crippen molar-refractivity contribution in [3.8, 4) is 5.75 Å². The predicted molar refractivity (Wildman–Crippen MR) is 94.1 cm³/mol. The van der Waals surface area contributed by atoms with Crippen molar-refractivity contribution in [2.75, 3.05) is 13.7 Å². The van der Waals surface area contributed by atoms with E-state index in [1.54, 1.807) is 19.2 Å². The number of methoxy groups -OCH3 is 1. The van der Waals surface area contributed by atoms with E-state index in [2.05, 4.69) is 16.4 Å². The van der Waals surface area contributed by atoms with Gasteiger partial charge in [-0.2, -0.15) is 0 Å². The van der Waals surface area contributed by atoms with E-state index in [-0.39, 0.29) is 5.82 Å². The van der Waals surface area contributed by atoms with Crippen molar-refractivity contribution < 1.29 is 9.13 Å². The molecule has 4 heteroatoms. The van der Waals surface area contributed by atoms with Crippen LogP contribution in [-0.4, -0.2) is 24.7 Å². The van der Waals surface area contributed by atoms with Crippen LogP contribution in [0.1, 0.15) is 23.5 Å². The quantitative estimate of drug-likeness (QED) is 0.719. The van der Waals surface area contributed by atoms with Gasteiger partial charge in [0.05, 0.1) is 7.11 Å². The van der Waals surface area contributed by atoms with Crippen molar-refractivity contribution in [3.05, 3.63) is 65.6 Å². The van der Waals surface area contributed by atoms with Crippen LogP contribution in [0.2, 0.25) is 0 Å². The average Bonchev–Trinajstić information content (AvgIpc) is 3.24. The minimum Gasteiger partial charge on any atom is -0.496 e. The van der Waals surface area contributed by atoms with Crippen LogP contribution in [0.3, 0.4) is 0 Å². The summed E-state index contributed by atoms with van der Waals surface area (Å²) in [4.78, 5) is 3.24. The maximum absolute atomic E-state index is 13.5. The number of aromatic amines is 1. The number of rotatable bonds is 6. The molecule has 0 bridgehead atoms. The van der Waals surface area contributed by atoms with Crippen LogP contribution in [0.5, 0.6) is 5.75 Å². The number of hydrogen-bond donors (Lipinski definition) is 2. The van der Waals surface area contributed by atoms with Crippen LogP contribution in [0.25, 0.3) is 10.9 Å². The Kier molecular flexibility index (Phi) is 3.98. The van der Waals surface area contributed by atoms with Crippen molar-refractivity contribution in [2.24, 2.45) is 0 Å². The van der Waals surface area contributed by atoms with Crippen LogP contribution >= 0.6 is 0 Å². The molecule has 2 N–H and O–H groups in total. The number of ether oxygens (including phenoxy) is 1. The maximum atomic E-state index is 13.5. The number of halogens is 1. The van der Waals surface area contributed by atoms with Crippen LogP contribution < -0.4 is 10.1 Å². The summed E-state index contributed by atoms with van der Waals surface area (Å²) < 4.78 is 18.9. The van der Waals surface area contributed by atoms with Gasteiger partial charge in [0, 0.05) is 29.1 Å². The number of fused-ring (bicyclic) bond motifs is 1. The summed E-state index contributed by atoms with van der Waals surface area (Å²) in [6.07, 6.45) is 4.07. The molecule has 4 rings (SSSR count). The fourth-order valence-electron chi connectivity index (χ4n) is 3.49. The molecule has 1 aliphatic carbocycles. The van der Waals surface area contributed by atoms with Gasteiger partial charge in [-0.3, -0.25) is 0 Å². The predicted octanol–water partition coefficient (Wildman–Crippen LogP) is 4.00. The second-order valence-corrected chi connectivity index (χ2v) is 6.40. The molecule has 0 aliphatic heterocycles. The van der Waals surface area contributed by atoms with Crippen molar-refractivity contribution in [3.63, 3.8) is 0 Å². The van der Waals surface area contributed by atoms with Crippen molar-refractivity contribution >= 4 is 10.9 Å². The van der Waals surface area contributed by atoms with Crippen molar-refractivity contribution in [1.29, 1.82) is 0 Å². The molecule has 0 amide bonds. The lowest BCUT2D eigenvalue weighted by molar-refractivity contribution is 0.409. The minimum atomic E-state index is -0.176. The fourth-order valence-corrected chi connectivity index (χ4v) is 3.49. The van der Waals surface area contributed by atoms with Crippen molar-refractivity contribution in [2.45, 2.75) is 24.8 Å². The molecule has 0 spiro atoms. The molecule has 1 aliphatic rings. The third kappa shape index (κ3) is 2.89. The number of hydrogen-bond acceptors (Lipinski definition) is 2. The monoisotopic (exact) mass is 324 g/mol. The molecule has 3 aromatic rings. The summed E-state index contributed by atoms with van der Waals surface area (Å²) >= 11 is 0. The van der Waals surface area contributed by atoms with Crippen LogP contribution in [0, 0.1) is 5.82 Å². The Bertz CT molecular complexity index is 858. The van der Waals surface area contributed by atoms with Crippen LogP contribution in [0.15, 0.2) is 48.7 Å². The van der Waals surface area contributed by atoms with Gasteiger partial charge in [-0.15, -0.1) is 0 Å². The summed E-state index contributed by atoms with van der Waals surface area (Å²) in [5, 5.41) is 4.62. The Balaban J connectivity index is 1.37. The molecule has 124 valence electrons. The minimum absolute atomic E-state index is 0.176. The SMILES string of the molecule is COc1ccccc1CCNC1CC1c1c[nH]c2ccc(F)cc12. The van der Waals surface area contributed by atoms with Gasteiger partial charge in [-0.1, -0.05) is 18.2 Å². The van der Waals surface area contributed by atoms with Gasteiger partial charge in [-0.25, -0.2) is 4.39 Å².